The summed E-state index contributed by atoms with van der Waals surface area (Å²) in [5.74, 6) is -3.60. The van der Waals surface area contributed by atoms with E-state index in [1.807, 2.05) is 0 Å². The standard InChI is InChI=1S/C20H20FN3O5S/c21-13-7-3-1-5-11(13)19(28)23-9-16(26)29-10-15(25)24-20-17(18(22)27)12-6-2-4-8-14(12)30-20/h1,3,5,7H,2,4,6,8-10H2,(H2,22,27)(H,23,28)(H,24,25). The van der Waals surface area contributed by atoms with Crippen LogP contribution in [0.4, 0.5) is 9.39 Å². The van der Waals surface area contributed by atoms with Crippen molar-refractivity contribution >= 4 is 40.0 Å². The Hall–Kier alpha value is -3.27. The molecule has 2 aromatic rings. The number of nitrogens with two attached hydrogens (primary N) is 1. The molecule has 4 N–H and O–H groups in total. The van der Waals surface area contributed by atoms with Crippen LogP contribution in [0.2, 0.25) is 0 Å². The molecule has 1 aliphatic carbocycles. The molecule has 0 aliphatic heterocycles. The summed E-state index contributed by atoms with van der Waals surface area (Å²) in [5.41, 5.74) is 6.46. The summed E-state index contributed by atoms with van der Waals surface area (Å²) < 4.78 is 18.4. The van der Waals surface area contributed by atoms with Crippen molar-refractivity contribution in [1.82, 2.24) is 5.32 Å². The second kappa shape index (κ2) is 9.49. The van der Waals surface area contributed by atoms with Gasteiger partial charge < -0.3 is 21.1 Å². The third kappa shape index (κ3) is 5.01. The summed E-state index contributed by atoms with van der Waals surface area (Å²) in [5, 5.41) is 5.14. The van der Waals surface area contributed by atoms with Crippen LogP contribution in [-0.2, 0) is 27.2 Å². The van der Waals surface area contributed by atoms with Gasteiger partial charge in [-0.1, -0.05) is 12.1 Å². The number of nitrogens with one attached hydrogen (secondary N) is 2. The van der Waals surface area contributed by atoms with Crippen LogP contribution in [0.15, 0.2) is 24.3 Å². The lowest BCUT2D eigenvalue weighted by Gasteiger charge is -2.11. The molecule has 30 heavy (non-hydrogen) atoms. The van der Waals surface area contributed by atoms with Gasteiger partial charge in [0.15, 0.2) is 6.61 Å². The fourth-order valence-corrected chi connectivity index (χ4v) is 4.48. The first-order valence-corrected chi connectivity index (χ1v) is 10.1. The van der Waals surface area contributed by atoms with Crippen LogP contribution >= 0.6 is 11.3 Å². The van der Waals surface area contributed by atoms with Crippen molar-refractivity contribution in [1.29, 1.82) is 0 Å². The topological polar surface area (TPSA) is 128 Å². The Labute approximate surface area is 175 Å². The van der Waals surface area contributed by atoms with Gasteiger partial charge >= 0.3 is 5.97 Å². The van der Waals surface area contributed by atoms with Crippen molar-refractivity contribution in [2.75, 3.05) is 18.5 Å². The maximum Gasteiger partial charge on any atom is 0.325 e. The molecule has 0 saturated carbocycles. The highest BCUT2D eigenvalue weighted by molar-refractivity contribution is 7.17. The molecule has 0 atom stereocenters. The smallest absolute Gasteiger partial charge is 0.325 e. The van der Waals surface area contributed by atoms with Gasteiger partial charge in [-0.25, -0.2) is 4.39 Å². The molecule has 8 nitrogen and oxygen atoms in total. The van der Waals surface area contributed by atoms with Crippen molar-refractivity contribution < 1.29 is 28.3 Å². The van der Waals surface area contributed by atoms with E-state index >= 15 is 0 Å². The minimum atomic E-state index is -0.865. The number of amides is 3. The summed E-state index contributed by atoms with van der Waals surface area (Å²) in [7, 11) is 0. The van der Waals surface area contributed by atoms with Gasteiger partial charge in [-0.2, -0.15) is 0 Å². The molecule has 1 heterocycles. The molecule has 0 saturated heterocycles. The predicted octanol–water partition coefficient (Wildman–Crippen LogP) is 1.78. The number of rotatable bonds is 7. The third-order valence-electron chi connectivity index (χ3n) is 4.55. The van der Waals surface area contributed by atoms with E-state index in [2.05, 4.69) is 10.6 Å². The SMILES string of the molecule is NC(=O)c1c(NC(=O)COC(=O)CNC(=O)c2ccccc2F)sc2c1CCCC2. The zero-order valence-corrected chi connectivity index (χ0v) is 16.8. The molecule has 0 radical (unpaired) electrons. The molecule has 3 rings (SSSR count). The number of primary amides is 1. The van der Waals surface area contributed by atoms with Crippen molar-refractivity contribution in [2.45, 2.75) is 25.7 Å². The van der Waals surface area contributed by atoms with Gasteiger partial charge in [0.25, 0.3) is 17.7 Å². The quantitative estimate of drug-likeness (QED) is 0.574. The normalized spacial score (nSPS) is 12.6. The maximum absolute atomic E-state index is 13.5. The molecule has 3 amide bonds. The average molecular weight is 433 g/mol. The van der Waals surface area contributed by atoms with Crippen LogP contribution in [0, 0.1) is 5.82 Å². The van der Waals surface area contributed by atoms with Crippen molar-refractivity contribution in [3.63, 3.8) is 0 Å². The summed E-state index contributed by atoms with van der Waals surface area (Å²) in [6, 6.07) is 5.33. The second-order valence-corrected chi connectivity index (χ2v) is 7.76. The predicted molar refractivity (Wildman–Crippen MR) is 108 cm³/mol. The lowest BCUT2D eigenvalue weighted by molar-refractivity contribution is -0.146. The highest BCUT2D eigenvalue weighted by atomic mass is 32.1. The number of aryl methyl sites for hydroxylation is 1. The largest absolute Gasteiger partial charge is 0.454 e. The van der Waals surface area contributed by atoms with E-state index in [1.54, 1.807) is 0 Å². The highest BCUT2D eigenvalue weighted by Gasteiger charge is 2.25. The Bertz CT molecular complexity index is 1000. The van der Waals surface area contributed by atoms with Crippen molar-refractivity contribution in [3.8, 4) is 0 Å². The molecule has 1 aromatic heterocycles. The third-order valence-corrected chi connectivity index (χ3v) is 5.75. The molecular weight excluding hydrogens is 413 g/mol. The zero-order chi connectivity index (χ0) is 21.7. The summed E-state index contributed by atoms with van der Waals surface area (Å²) in [6.45, 7) is -1.13. The Morgan fingerprint density at radius 3 is 2.60 bits per heavy atom. The fraction of sp³-hybridized carbons (Fsp3) is 0.300. The molecule has 1 aliphatic rings. The number of thiophene rings is 1. The first-order chi connectivity index (χ1) is 14.4. The molecule has 0 unspecified atom stereocenters. The zero-order valence-electron chi connectivity index (χ0n) is 16.0. The molecule has 10 heteroatoms. The lowest BCUT2D eigenvalue weighted by atomic mass is 9.95. The summed E-state index contributed by atoms with van der Waals surface area (Å²) in [4.78, 5) is 48.6. The molecule has 0 spiro atoms. The number of ether oxygens (including phenoxy) is 1. The Kier molecular flexibility index (Phi) is 6.78. The minimum absolute atomic E-state index is 0.205. The lowest BCUT2D eigenvalue weighted by Crippen LogP contribution is -2.32. The fourth-order valence-electron chi connectivity index (χ4n) is 3.17. The highest BCUT2D eigenvalue weighted by Crippen LogP contribution is 2.37. The van der Waals surface area contributed by atoms with Gasteiger partial charge in [0.1, 0.15) is 17.4 Å². The average Bonchev–Trinajstić information content (AvgIpc) is 3.08. The number of esters is 1. The molecule has 158 valence electrons. The monoisotopic (exact) mass is 433 g/mol. The molecule has 1 aromatic carbocycles. The van der Waals surface area contributed by atoms with Gasteiger partial charge in [-0.05, 0) is 43.4 Å². The number of carbonyl (C=O) groups is 4. The van der Waals surface area contributed by atoms with E-state index in [4.69, 9.17) is 10.5 Å². The van der Waals surface area contributed by atoms with Crippen LogP contribution in [0.1, 0.15) is 44.0 Å². The molecule has 0 fully saturated rings. The number of halogens is 1. The Morgan fingerprint density at radius 2 is 1.87 bits per heavy atom. The van der Waals surface area contributed by atoms with Crippen LogP contribution < -0.4 is 16.4 Å². The summed E-state index contributed by atoms with van der Waals surface area (Å²) >= 11 is 1.30. The number of fused-ring (bicyclic) bond motifs is 1. The van der Waals surface area contributed by atoms with Gasteiger partial charge in [0.05, 0.1) is 11.1 Å². The van der Waals surface area contributed by atoms with Gasteiger partial charge in [0, 0.05) is 4.88 Å². The van der Waals surface area contributed by atoms with E-state index in [1.165, 1.54) is 29.5 Å². The van der Waals surface area contributed by atoms with Crippen molar-refractivity contribution in [2.24, 2.45) is 5.73 Å². The van der Waals surface area contributed by atoms with Crippen LogP contribution in [0.3, 0.4) is 0 Å². The van der Waals surface area contributed by atoms with E-state index in [0.717, 1.165) is 42.2 Å². The van der Waals surface area contributed by atoms with E-state index in [0.29, 0.717) is 10.6 Å². The molecule has 0 bridgehead atoms. The number of carbonyl (C=O) groups excluding carboxylic acids is 4. The van der Waals surface area contributed by atoms with Crippen molar-refractivity contribution in [3.05, 3.63) is 51.7 Å². The van der Waals surface area contributed by atoms with E-state index in [9.17, 15) is 23.6 Å². The summed E-state index contributed by atoms with van der Waals surface area (Å²) in [6.07, 6.45) is 3.52. The van der Waals surface area contributed by atoms with Crippen LogP contribution in [0.5, 0.6) is 0 Å². The van der Waals surface area contributed by atoms with Gasteiger partial charge in [-0.3, -0.25) is 19.2 Å². The number of hydrogen-bond donors (Lipinski definition) is 3. The van der Waals surface area contributed by atoms with E-state index < -0.39 is 42.7 Å². The maximum atomic E-state index is 13.5. The number of anilines is 1. The van der Waals surface area contributed by atoms with E-state index in [-0.39, 0.29) is 5.56 Å². The molecular formula is C20H20FN3O5S. The van der Waals surface area contributed by atoms with Gasteiger partial charge in [0.2, 0.25) is 0 Å². The van der Waals surface area contributed by atoms with Gasteiger partial charge in [-0.15, -0.1) is 11.3 Å². The van der Waals surface area contributed by atoms with Crippen LogP contribution in [-0.4, -0.2) is 36.8 Å². The Morgan fingerprint density at radius 1 is 1.13 bits per heavy atom. The number of hydrogen-bond acceptors (Lipinski definition) is 6. The number of benzene rings is 1. The first-order valence-electron chi connectivity index (χ1n) is 9.29. The minimum Gasteiger partial charge on any atom is -0.454 e. The first kappa shape index (κ1) is 21.4. The second-order valence-electron chi connectivity index (χ2n) is 6.65. The Balaban J connectivity index is 1.51. The van der Waals surface area contributed by atoms with Crippen LogP contribution in [0.25, 0.3) is 0 Å².